The van der Waals surface area contributed by atoms with Gasteiger partial charge in [0.25, 0.3) is 0 Å². The molecule has 83 heavy (non-hydrogen) atoms. The summed E-state index contributed by atoms with van der Waals surface area (Å²) in [5.41, 5.74) is 4.02. The van der Waals surface area contributed by atoms with E-state index < -0.39 is 91.9 Å². The van der Waals surface area contributed by atoms with E-state index in [0.29, 0.717) is 0 Å². The van der Waals surface area contributed by atoms with Crippen molar-refractivity contribution in [2.75, 3.05) is 19.8 Å². The molecule has 15 nitrogen and oxygen atoms in total. The summed E-state index contributed by atoms with van der Waals surface area (Å²) < 4.78 is 74.1. The number of esters is 4. The van der Waals surface area contributed by atoms with Crippen LogP contribution in [-0.2, 0) is 78.5 Å². The van der Waals surface area contributed by atoms with Crippen LogP contribution in [0.3, 0.4) is 0 Å². The fourth-order valence-corrected chi connectivity index (χ4v) is 9.71. The fraction of sp³-hybridized carbons (Fsp3) is 0.235. The smallest absolute Gasteiger partial charge is 0.338 e. The van der Waals surface area contributed by atoms with Gasteiger partial charge >= 0.3 is 23.9 Å². The molecule has 0 radical (unpaired) electrons. The largest absolute Gasteiger partial charge is 0.459 e. The molecule has 2 aliphatic heterocycles. The Kier molecular flexibility index (Phi) is 20.0. The fourth-order valence-electron chi connectivity index (χ4n) is 9.71. The normalized spacial score (nSPS) is 22.0. The lowest BCUT2D eigenvalue weighted by atomic mass is 9.97. The molecule has 9 atom stereocenters. The topological polar surface area (TPSA) is 170 Å². The maximum atomic E-state index is 14.7. The zero-order valence-corrected chi connectivity index (χ0v) is 45.3. The monoisotopic (exact) mass is 1120 g/mol. The molecule has 424 valence electrons. The molecule has 2 saturated heterocycles. The van der Waals surface area contributed by atoms with Gasteiger partial charge in [0.1, 0.15) is 43.7 Å². The van der Waals surface area contributed by atoms with Crippen LogP contribution in [0.4, 0.5) is 0 Å². The molecule has 2 heterocycles. The first kappa shape index (κ1) is 57.6. The van der Waals surface area contributed by atoms with Crippen LogP contribution in [0.2, 0.25) is 0 Å². The van der Waals surface area contributed by atoms with E-state index in [1.54, 1.807) is 121 Å². The van der Waals surface area contributed by atoms with Crippen LogP contribution in [0.5, 0.6) is 0 Å². The van der Waals surface area contributed by atoms with Gasteiger partial charge in [0, 0.05) is 0 Å². The third-order valence-corrected chi connectivity index (χ3v) is 13.9. The van der Waals surface area contributed by atoms with Gasteiger partial charge in [-0.25, -0.2) is 19.2 Å². The highest BCUT2D eigenvalue weighted by Gasteiger charge is 2.65. The number of hydrogen-bond acceptors (Lipinski definition) is 15. The number of rotatable bonds is 25. The van der Waals surface area contributed by atoms with Crippen molar-refractivity contribution in [3.05, 3.63) is 287 Å². The second kappa shape index (κ2) is 28.9. The van der Waals surface area contributed by atoms with Crippen molar-refractivity contribution in [2.45, 2.75) is 81.2 Å². The molecule has 0 aromatic heterocycles. The number of carbonyl (C=O) groups excluding carboxylic acids is 4. The summed E-state index contributed by atoms with van der Waals surface area (Å²) >= 11 is 0. The van der Waals surface area contributed by atoms with Gasteiger partial charge in [-0.15, -0.1) is 0 Å². The predicted octanol–water partition coefficient (Wildman–Crippen LogP) is 11.0. The van der Waals surface area contributed by atoms with Crippen LogP contribution in [0, 0.1) is 0 Å². The molecule has 0 N–H and O–H groups in total. The van der Waals surface area contributed by atoms with Gasteiger partial charge in [-0.2, -0.15) is 0 Å². The highest BCUT2D eigenvalue weighted by Crippen LogP contribution is 2.43. The first-order chi connectivity index (χ1) is 40.8. The molecule has 15 heteroatoms. The molecule has 0 amide bonds. The van der Waals surface area contributed by atoms with Crippen molar-refractivity contribution in [1.82, 2.24) is 0 Å². The third kappa shape index (κ3) is 15.5. The van der Waals surface area contributed by atoms with E-state index in [9.17, 15) is 19.2 Å². The number of ether oxygens (including phenoxy) is 11. The van der Waals surface area contributed by atoms with Gasteiger partial charge in [0.2, 0.25) is 5.79 Å². The lowest BCUT2D eigenvalue weighted by Crippen LogP contribution is -2.65. The number of benzene rings is 8. The summed E-state index contributed by atoms with van der Waals surface area (Å²) in [7, 11) is 0. The van der Waals surface area contributed by atoms with Gasteiger partial charge in [0.05, 0.1) is 55.3 Å². The van der Waals surface area contributed by atoms with Crippen molar-refractivity contribution in [1.29, 1.82) is 0 Å². The third-order valence-electron chi connectivity index (χ3n) is 13.9. The lowest BCUT2D eigenvalue weighted by Gasteiger charge is -2.48. The average Bonchev–Trinajstić information content (AvgIpc) is 4.11. The molecular formula is C68H62O15. The Morgan fingerprint density at radius 3 is 1.19 bits per heavy atom. The molecule has 0 saturated carbocycles. The Bertz CT molecular complexity index is 3270. The second-order valence-corrected chi connectivity index (χ2v) is 19.7. The van der Waals surface area contributed by atoms with Crippen LogP contribution < -0.4 is 0 Å². The minimum Gasteiger partial charge on any atom is -0.459 e. The van der Waals surface area contributed by atoms with E-state index in [1.807, 2.05) is 121 Å². The Labute approximate surface area is 481 Å². The minimum atomic E-state index is -2.49. The summed E-state index contributed by atoms with van der Waals surface area (Å²) in [5, 5.41) is 0. The molecular weight excluding hydrogens is 1060 g/mol. The first-order valence-electron chi connectivity index (χ1n) is 27.3. The summed E-state index contributed by atoms with van der Waals surface area (Å²) in [6.07, 6.45) is -10.8. The maximum Gasteiger partial charge on any atom is 0.338 e. The van der Waals surface area contributed by atoms with Gasteiger partial charge in [-0.1, -0.05) is 194 Å². The molecule has 0 aliphatic carbocycles. The van der Waals surface area contributed by atoms with Crippen LogP contribution >= 0.6 is 0 Å². The Morgan fingerprint density at radius 2 is 0.735 bits per heavy atom. The van der Waals surface area contributed by atoms with Crippen molar-refractivity contribution in [2.24, 2.45) is 0 Å². The molecule has 8 aromatic carbocycles. The molecule has 0 spiro atoms. The van der Waals surface area contributed by atoms with Crippen molar-refractivity contribution in [3.63, 3.8) is 0 Å². The zero-order valence-electron chi connectivity index (χ0n) is 45.3. The van der Waals surface area contributed by atoms with Gasteiger partial charge in [-0.3, -0.25) is 0 Å². The average molecular weight is 1120 g/mol. The first-order valence-corrected chi connectivity index (χ1v) is 27.3. The standard InChI is InChI=1S/C68H62O15/c69-63(52-33-17-5-18-34-52)77-46-57-59(80-65(71)54-37-21-7-22-38-54)62(81-66(72)55-39-23-8-24-40-55)68(82-57,47-78-64(70)53-35-19-6-20-36-53)83-67-61(76-44-51-31-15-4-16-32-51)60(75-43-50-29-13-3-14-30-50)58(74-42-49-27-11-2-12-28-49)56(79-67)45-73-41-48-25-9-1-10-26-48/h1-40,56-62,67H,41-47H2/t56-,57-,58-,59-,60+,61-,62+,67-,68+/m1/s1. The Morgan fingerprint density at radius 1 is 0.361 bits per heavy atom. The second-order valence-electron chi connectivity index (χ2n) is 19.7. The molecule has 0 unspecified atom stereocenters. The maximum absolute atomic E-state index is 14.7. The Balaban J connectivity index is 1.11. The minimum absolute atomic E-state index is 0.000842. The molecule has 0 bridgehead atoms. The number of hydrogen-bond donors (Lipinski definition) is 0. The zero-order chi connectivity index (χ0) is 57.1. The predicted molar refractivity (Wildman–Crippen MR) is 303 cm³/mol. The van der Waals surface area contributed by atoms with E-state index in [1.165, 1.54) is 0 Å². The van der Waals surface area contributed by atoms with Gasteiger partial charge in [-0.05, 0) is 70.8 Å². The van der Waals surface area contributed by atoms with Crippen molar-refractivity contribution < 1.29 is 71.3 Å². The van der Waals surface area contributed by atoms with Crippen molar-refractivity contribution in [3.8, 4) is 0 Å². The highest BCUT2D eigenvalue weighted by molar-refractivity contribution is 5.91. The summed E-state index contributed by atoms with van der Waals surface area (Å²) in [5.74, 6) is -5.78. The molecule has 2 fully saturated rings. The van der Waals surface area contributed by atoms with Crippen LogP contribution in [-0.4, -0.2) is 98.5 Å². The van der Waals surface area contributed by atoms with Crippen LogP contribution in [0.15, 0.2) is 243 Å². The molecule has 2 aliphatic rings. The van der Waals surface area contributed by atoms with E-state index in [0.717, 1.165) is 22.3 Å². The van der Waals surface area contributed by atoms with E-state index in [-0.39, 0.29) is 55.3 Å². The summed E-state index contributed by atoms with van der Waals surface area (Å²) in [6.45, 7) is -1.11. The van der Waals surface area contributed by atoms with E-state index >= 15 is 0 Å². The van der Waals surface area contributed by atoms with Gasteiger partial charge < -0.3 is 52.1 Å². The van der Waals surface area contributed by atoms with Gasteiger partial charge in [0.15, 0.2) is 18.5 Å². The van der Waals surface area contributed by atoms with Crippen molar-refractivity contribution >= 4 is 23.9 Å². The molecule has 10 rings (SSSR count). The van der Waals surface area contributed by atoms with E-state index in [4.69, 9.17) is 52.1 Å². The quantitative estimate of drug-likeness (QED) is 0.0391. The summed E-state index contributed by atoms with van der Waals surface area (Å²) in [6, 6.07) is 71.1. The van der Waals surface area contributed by atoms with Crippen LogP contribution in [0.1, 0.15) is 63.7 Å². The summed E-state index contributed by atoms with van der Waals surface area (Å²) in [4.78, 5) is 57.3. The lowest BCUT2D eigenvalue weighted by molar-refractivity contribution is -0.393. The van der Waals surface area contributed by atoms with E-state index in [2.05, 4.69) is 0 Å². The highest BCUT2D eigenvalue weighted by atomic mass is 16.8. The molecule has 8 aromatic rings. The Hall–Kier alpha value is -8.64. The van der Waals surface area contributed by atoms with Crippen LogP contribution in [0.25, 0.3) is 0 Å². The SMILES string of the molecule is O=C(OC[C@H]1O[C@@](COC(=O)c2ccccc2)(O[C@H]2O[C@H](COCc3ccccc3)[C@@H](OCc3ccccc3)[C@H](OCc3ccccc3)[C@H]2OCc2ccccc2)[C@@H](OC(=O)c2ccccc2)[C@@H]1OC(=O)c1ccccc1)c1ccccc1. The number of carbonyl (C=O) groups is 4.